The second kappa shape index (κ2) is 10.6. The lowest BCUT2D eigenvalue weighted by Crippen LogP contribution is -2.62. The van der Waals surface area contributed by atoms with Crippen molar-refractivity contribution in [2.45, 2.75) is 58.4 Å². The van der Waals surface area contributed by atoms with Gasteiger partial charge in [0.25, 0.3) is 0 Å². The van der Waals surface area contributed by atoms with E-state index in [2.05, 4.69) is 6.58 Å². The Morgan fingerprint density at radius 1 is 0.852 bits per heavy atom. The largest absolute Gasteiger partial charge is 0.463 e. The SMILES string of the molecule is C=CCO[C@H]1O[C@H](COC(C)=O)[C@@H](OC(C)=O)C(OC(C)=O)[C@H]1OC(C)=O. The summed E-state index contributed by atoms with van der Waals surface area (Å²) >= 11 is 0. The summed E-state index contributed by atoms with van der Waals surface area (Å²) in [6.07, 6.45) is -4.41. The number of carbonyl (C=O) groups excluding carboxylic acids is 4. The number of hydrogen-bond acceptors (Lipinski definition) is 10. The highest BCUT2D eigenvalue weighted by molar-refractivity contribution is 5.68. The van der Waals surface area contributed by atoms with Gasteiger partial charge in [-0.25, -0.2) is 0 Å². The molecule has 0 amide bonds. The first-order valence-electron chi connectivity index (χ1n) is 8.18. The van der Waals surface area contributed by atoms with Crippen molar-refractivity contribution in [3.8, 4) is 0 Å². The van der Waals surface area contributed by atoms with Gasteiger partial charge in [-0.2, -0.15) is 0 Å². The van der Waals surface area contributed by atoms with Gasteiger partial charge in [0.15, 0.2) is 24.6 Å². The fourth-order valence-corrected chi connectivity index (χ4v) is 2.49. The standard InChI is InChI=1S/C17H24O10/c1-6-7-22-17-16(26-12(5)21)15(25-11(4)20)14(24-10(3)19)13(27-17)8-23-9(2)18/h6,13-17H,1,7-8H2,2-5H3/t13-,14-,15?,16-,17+/m1/s1. The molecule has 0 aromatic carbocycles. The molecule has 0 aromatic heterocycles. The van der Waals surface area contributed by atoms with Crippen LogP contribution in [0, 0.1) is 0 Å². The first-order valence-corrected chi connectivity index (χ1v) is 8.18. The van der Waals surface area contributed by atoms with Crippen LogP contribution in [0.5, 0.6) is 0 Å². The molecule has 1 rings (SSSR count). The lowest BCUT2D eigenvalue weighted by Gasteiger charge is -2.43. The van der Waals surface area contributed by atoms with Crippen molar-refractivity contribution in [1.82, 2.24) is 0 Å². The molecule has 0 aliphatic carbocycles. The minimum absolute atomic E-state index is 0.0355. The van der Waals surface area contributed by atoms with Gasteiger partial charge in [-0.05, 0) is 0 Å². The van der Waals surface area contributed by atoms with Crippen molar-refractivity contribution < 1.29 is 47.6 Å². The predicted molar refractivity (Wildman–Crippen MR) is 88.1 cm³/mol. The maximum atomic E-state index is 11.6. The van der Waals surface area contributed by atoms with Gasteiger partial charge >= 0.3 is 23.9 Å². The van der Waals surface area contributed by atoms with E-state index in [9.17, 15) is 19.2 Å². The summed E-state index contributed by atoms with van der Waals surface area (Å²) < 4.78 is 31.7. The number of esters is 4. The maximum absolute atomic E-state index is 11.6. The second-order valence-corrected chi connectivity index (χ2v) is 5.69. The molecule has 1 aliphatic heterocycles. The third kappa shape index (κ3) is 7.35. The Labute approximate surface area is 156 Å². The Bertz CT molecular complexity index is 572. The van der Waals surface area contributed by atoms with Gasteiger partial charge in [-0.15, -0.1) is 6.58 Å². The van der Waals surface area contributed by atoms with E-state index in [1.807, 2.05) is 0 Å². The molecule has 0 N–H and O–H groups in total. The minimum atomic E-state index is -1.24. The Hall–Kier alpha value is -2.46. The van der Waals surface area contributed by atoms with Gasteiger partial charge in [0.2, 0.25) is 0 Å². The highest BCUT2D eigenvalue weighted by Crippen LogP contribution is 2.29. The van der Waals surface area contributed by atoms with Crippen LogP contribution in [-0.2, 0) is 47.6 Å². The summed E-state index contributed by atoms with van der Waals surface area (Å²) in [5.74, 6) is -2.67. The van der Waals surface area contributed by atoms with Crippen LogP contribution in [0.3, 0.4) is 0 Å². The zero-order valence-corrected chi connectivity index (χ0v) is 15.7. The van der Waals surface area contributed by atoms with Gasteiger partial charge in [0, 0.05) is 27.7 Å². The van der Waals surface area contributed by atoms with Gasteiger partial charge in [-0.1, -0.05) is 6.08 Å². The number of ether oxygens (including phenoxy) is 6. The molecule has 1 heterocycles. The first-order chi connectivity index (χ1) is 12.6. The third-order valence-corrected chi connectivity index (χ3v) is 3.33. The van der Waals surface area contributed by atoms with Crippen LogP contribution < -0.4 is 0 Å². The van der Waals surface area contributed by atoms with Crippen molar-refractivity contribution in [2.75, 3.05) is 13.2 Å². The monoisotopic (exact) mass is 388 g/mol. The molecule has 1 unspecified atom stereocenters. The molecule has 1 fully saturated rings. The summed E-state index contributed by atoms with van der Waals surface area (Å²) in [4.78, 5) is 45.8. The lowest BCUT2D eigenvalue weighted by molar-refractivity contribution is -0.305. The van der Waals surface area contributed by atoms with Crippen molar-refractivity contribution in [2.24, 2.45) is 0 Å². The molecule has 27 heavy (non-hydrogen) atoms. The Morgan fingerprint density at radius 3 is 1.85 bits per heavy atom. The van der Waals surface area contributed by atoms with Crippen LogP contribution in [-0.4, -0.2) is 67.8 Å². The van der Waals surface area contributed by atoms with E-state index < -0.39 is 54.6 Å². The van der Waals surface area contributed by atoms with Gasteiger partial charge in [0.1, 0.15) is 12.7 Å². The normalized spacial score (nSPS) is 27.2. The average molecular weight is 388 g/mol. The molecule has 0 radical (unpaired) electrons. The highest BCUT2D eigenvalue weighted by atomic mass is 16.7. The highest BCUT2D eigenvalue weighted by Gasteiger charge is 2.52. The van der Waals surface area contributed by atoms with Crippen LogP contribution in [0.4, 0.5) is 0 Å². The van der Waals surface area contributed by atoms with E-state index in [1.165, 1.54) is 13.0 Å². The zero-order valence-electron chi connectivity index (χ0n) is 15.7. The zero-order chi connectivity index (χ0) is 20.6. The van der Waals surface area contributed by atoms with Crippen molar-refractivity contribution >= 4 is 23.9 Å². The Morgan fingerprint density at radius 2 is 1.37 bits per heavy atom. The lowest BCUT2D eigenvalue weighted by atomic mass is 9.98. The molecule has 0 aromatic rings. The second-order valence-electron chi connectivity index (χ2n) is 5.69. The van der Waals surface area contributed by atoms with Gasteiger partial charge < -0.3 is 28.4 Å². The summed E-state index contributed by atoms with van der Waals surface area (Å²) in [6, 6.07) is 0. The Balaban J connectivity index is 3.24. The molecule has 10 nitrogen and oxygen atoms in total. The number of hydrogen-bond donors (Lipinski definition) is 0. The Kier molecular flexibility index (Phi) is 8.89. The number of carbonyl (C=O) groups is 4. The quantitative estimate of drug-likeness (QED) is 0.325. The van der Waals surface area contributed by atoms with Crippen molar-refractivity contribution in [1.29, 1.82) is 0 Å². The molecular weight excluding hydrogens is 364 g/mol. The number of rotatable bonds is 8. The molecule has 1 saturated heterocycles. The summed E-state index contributed by atoms with van der Waals surface area (Å²) in [6.45, 7) is 7.90. The molecule has 0 bridgehead atoms. The van der Waals surface area contributed by atoms with Crippen LogP contribution in [0.2, 0.25) is 0 Å². The predicted octanol–water partition coefficient (Wildman–Crippen LogP) is 0.272. The molecule has 1 aliphatic rings. The molecular formula is C17H24O10. The smallest absolute Gasteiger partial charge is 0.303 e. The maximum Gasteiger partial charge on any atom is 0.303 e. The third-order valence-electron chi connectivity index (χ3n) is 3.33. The van der Waals surface area contributed by atoms with E-state index in [-0.39, 0.29) is 13.2 Å². The van der Waals surface area contributed by atoms with E-state index in [0.29, 0.717) is 0 Å². The van der Waals surface area contributed by atoms with Crippen LogP contribution in [0.25, 0.3) is 0 Å². The molecule has 0 spiro atoms. The average Bonchev–Trinajstić information content (AvgIpc) is 2.54. The van der Waals surface area contributed by atoms with E-state index >= 15 is 0 Å². The van der Waals surface area contributed by atoms with Gasteiger partial charge in [-0.3, -0.25) is 19.2 Å². The summed E-state index contributed by atoms with van der Waals surface area (Å²) in [5.41, 5.74) is 0. The topological polar surface area (TPSA) is 124 Å². The van der Waals surface area contributed by atoms with E-state index in [0.717, 1.165) is 20.8 Å². The van der Waals surface area contributed by atoms with Crippen LogP contribution >= 0.6 is 0 Å². The van der Waals surface area contributed by atoms with Crippen molar-refractivity contribution in [3.63, 3.8) is 0 Å². The molecule has 5 atom stereocenters. The van der Waals surface area contributed by atoms with E-state index in [1.54, 1.807) is 0 Å². The molecule has 10 heteroatoms. The van der Waals surface area contributed by atoms with Crippen molar-refractivity contribution in [3.05, 3.63) is 12.7 Å². The van der Waals surface area contributed by atoms with Crippen LogP contribution in [0.15, 0.2) is 12.7 Å². The van der Waals surface area contributed by atoms with Gasteiger partial charge in [0.05, 0.1) is 6.61 Å². The fraction of sp³-hybridized carbons (Fsp3) is 0.647. The van der Waals surface area contributed by atoms with E-state index in [4.69, 9.17) is 28.4 Å². The summed E-state index contributed by atoms with van der Waals surface area (Å²) in [5, 5.41) is 0. The molecule has 152 valence electrons. The fourth-order valence-electron chi connectivity index (χ4n) is 2.49. The molecule has 0 saturated carbocycles. The first kappa shape index (κ1) is 22.6. The summed E-state index contributed by atoms with van der Waals surface area (Å²) in [7, 11) is 0. The minimum Gasteiger partial charge on any atom is -0.463 e. The van der Waals surface area contributed by atoms with Crippen LogP contribution in [0.1, 0.15) is 27.7 Å².